The van der Waals surface area contributed by atoms with Crippen molar-refractivity contribution in [1.29, 1.82) is 0 Å². The minimum atomic E-state index is -1.97. The molecule has 6 heteroatoms. The SMILES string of the molecule is Cc1cc(F)cnc1C(O)C(O)C(=O)O. The van der Waals surface area contributed by atoms with Crippen LogP contribution in [0.1, 0.15) is 17.4 Å². The highest BCUT2D eigenvalue weighted by atomic mass is 19.1. The molecule has 0 saturated carbocycles. The van der Waals surface area contributed by atoms with Gasteiger partial charge in [0, 0.05) is 0 Å². The number of aromatic nitrogens is 1. The summed E-state index contributed by atoms with van der Waals surface area (Å²) in [7, 11) is 0. The molecule has 1 aromatic rings. The smallest absolute Gasteiger partial charge is 0.335 e. The lowest BCUT2D eigenvalue weighted by Gasteiger charge is -2.15. The number of halogens is 1. The Morgan fingerprint density at radius 1 is 1.53 bits per heavy atom. The Labute approximate surface area is 84.8 Å². The highest BCUT2D eigenvalue weighted by Crippen LogP contribution is 2.19. The average molecular weight is 215 g/mol. The van der Waals surface area contributed by atoms with Crippen LogP contribution in [0.15, 0.2) is 12.3 Å². The number of aliphatic carboxylic acids is 1. The standard InChI is InChI=1S/C9H10FNO4/c1-4-2-5(10)3-11-6(4)7(12)8(13)9(14)15/h2-3,7-8,12-13H,1H3,(H,14,15). The fourth-order valence-corrected chi connectivity index (χ4v) is 1.15. The summed E-state index contributed by atoms with van der Waals surface area (Å²) >= 11 is 0. The van der Waals surface area contributed by atoms with E-state index >= 15 is 0 Å². The van der Waals surface area contributed by atoms with Gasteiger partial charge in [-0.25, -0.2) is 9.18 Å². The lowest BCUT2D eigenvalue weighted by Crippen LogP contribution is -2.28. The van der Waals surface area contributed by atoms with Crippen molar-refractivity contribution in [2.45, 2.75) is 19.1 Å². The van der Waals surface area contributed by atoms with E-state index in [1.165, 1.54) is 6.92 Å². The molecule has 5 nitrogen and oxygen atoms in total. The van der Waals surface area contributed by atoms with Crippen LogP contribution in [0.3, 0.4) is 0 Å². The Kier molecular flexibility index (Phi) is 3.33. The topological polar surface area (TPSA) is 90.7 Å². The third-order valence-electron chi connectivity index (χ3n) is 1.92. The van der Waals surface area contributed by atoms with Crippen LogP contribution in [0.5, 0.6) is 0 Å². The van der Waals surface area contributed by atoms with E-state index in [2.05, 4.69) is 4.98 Å². The van der Waals surface area contributed by atoms with Crippen molar-refractivity contribution >= 4 is 5.97 Å². The molecule has 0 fully saturated rings. The predicted molar refractivity (Wildman–Crippen MR) is 47.5 cm³/mol. The first-order valence-electron chi connectivity index (χ1n) is 4.14. The molecule has 1 rings (SSSR count). The molecular weight excluding hydrogens is 205 g/mol. The number of hydrogen-bond acceptors (Lipinski definition) is 4. The lowest BCUT2D eigenvalue weighted by molar-refractivity contribution is -0.153. The van der Waals surface area contributed by atoms with Gasteiger partial charge in [-0.2, -0.15) is 0 Å². The van der Waals surface area contributed by atoms with E-state index in [0.717, 1.165) is 12.3 Å². The molecule has 0 aliphatic heterocycles. The molecule has 0 spiro atoms. The molecule has 0 amide bonds. The quantitative estimate of drug-likeness (QED) is 0.660. The summed E-state index contributed by atoms with van der Waals surface area (Å²) in [6.45, 7) is 1.46. The zero-order valence-corrected chi connectivity index (χ0v) is 7.88. The molecule has 0 saturated heterocycles. The van der Waals surface area contributed by atoms with Crippen LogP contribution < -0.4 is 0 Å². The van der Waals surface area contributed by atoms with Crippen LogP contribution in [0, 0.1) is 12.7 Å². The molecule has 3 N–H and O–H groups in total. The number of nitrogens with zero attached hydrogens (tertiary/aromatic N) is 1. The van der Waals surface area contributed by atoms with Gasteiger partial charge in [0.05, 0.1) is 11.9 Å². The van der Waals surface area contributed by atoms with E-state index in [0.29, 0.717) is 0 Å². The van der Waals surface area contributed by atoms with Crippen molar-refractivity contribution in [3.63, 3.8) is 0 Å². The van der Waals surface area contributed by atoms with Gasteiger partial charge in [-0.3, -0.25) is 4.98 Å². The van der Waals surface area contributed by atoms with Crippen molar-refractivity contribution in [2.24, 2.45) is 0 Å². The largest absolute Gasteiger partial charge is 0.479 e. The number of pyridine rings is 1. The highest BCUT2D eigenvalue weighted by molar-refractivity contribution is 5.73. The normalized spacial score (nSPS) is 14.7. The molecule has 0 aliphatic carbocycles. The molecule has 2 unspecified atom stereocenters. The zero-order valence-electron chi connectivity index (χ0n) is 7.88. The van der Waals surface area contributed by atoms with Gasteiger partial charge in [-0.1, -0.05) is 0 Å². The Bertz CT molecular complexity index is 382. The van der Waals surface area contributed by atoms with E-state index in [1.54, 1.807) is 0 Å². The van der Waals surface area contributed by atoms with Crippen LogP contribution in [0.2, 0.25) is 0 Å². The summed E-state index contributed by atoms with van der Waals surface area (Å²) < 4.78 is 12.6. The van der Waals surface area contributed by atoms with Crippen LogP contribution in [-0.2, 0) is 4.79 Å². The van der Waals surface area contributed by atoms with E-state index in [-0.39, 0.29) is 11.3 Å². The number of rotatable bonds is 3. The van der Waals surface area contributed by atoms with Gasteiger partial charge >= 0.3 is 5.97 Å². The summed E-state index contributed by atoms with van der Waals surface area (Å²) in [6, 6.07) is 1.10. The second-order valence-corrected chi connectivity index (χ2v) is 3.08. The zero-order chi connectivity index (χ0) is 11.6. The maximum Gasteiger partial charge on any atom is 0.335 e. The molecule has 82 valence electrons. The molecule has 0 aliphatic rings. The Morgan fingerprint density at radius 3 is 2.60 bits per heavy atom. The number of carboxylic acid groups (broad SMARTS) is 1. The van der Waals surface area contributed by atoms with Gasteiger partial charge in [-0.15, -0.1) is 0 Å². The first kappa shape index (κ1) is 11.5. The second-order valence-electron chi connectivity index (χ2n) is 3.08. The monoisotopic (exact) mass is 215 g/mol. The number of hydrogen-bond donors (Lipinski definition) is 3. The van der Waals surface area contributed by atoms with Gasteiger partial charge in [0.25, 0.3) is 0 Å². The first-order valence-corrected chi connectivity index (χ1v) is 4.14. The van der Waals surface area contributed by atoms with Crippen molar-refractivity contribution in [3.8, 4) is 0 Å². The van der Waals surface area contributed by atoms with Crippen LogP contribution >= 0.6 is 0 Å². The second kappa shape index (κ2) is 4.33. The van der Waals surface area contributed by atoms with Crippen molar-refractivity contribution < 1.29 is 24.5 Å². The number of carbonyl (C=O) groups is 1. The number of aryl methyl sites for hydroxylation is 1. The third-order valence-corrected chi connectivity index (χ3v) is 1.92. The number of aliphatic hydroxyl groups is 2. The number of aliphatic hydroxyl groups excluding tert-OH is 2. The number of carboxylic acids is 1. The first-order chi connectivity index (χ1) is 6.93. The van der Waals surface area contributed by atoms with Crippen LogP contribution in [0.4, 0.5) is 4.39 Å². The van der Waals surface area contributed by atoms with Gasteiger partial charge < -0.3 is 15.3 Å². The summed E-state index contributed by atoms with van der Waals surface area (Å²) in [5, 5.41) is 26.9. The van der Waals surface area contributed by atoms with Crippen molar-refractivity contribution in [2.75, 3.05) is 0 Å². The van der Waals surface area contributed by atoms with Crippen LogP contribution in [0.25, 0.3) is 0 Å². The average Bonchev–Trinajstić information content (AvgIpc) is 2.15. The molecule has 0 aromatic carbocycles. The van der Waals surface area contributed by atoms with Crippen LogP contribution in [-0.4, -0.2) is 32.4 Å². The minimum Gasteiger partial charge on any atom is -0.479 e. The fraction of sp³-hybridized carbons (Fsp3) is 0.333. The van der Waals surface area contributed by atoms with E-state index in [1.807, 2.05) is 0 Å². The minimum absolute atomic E-state index is 0.0497. The summed E-state index contributed by atoms with van der Waals surface area (Å²) in [5.74, 6) is -2.15. The van der Waals surface area contributed by atoms with E-state index in [9.17, 15) is 14.3 Å². The van der Waals surface area contributed by atoms with E-state index in [4.69, 9.17) is 10.2 Å². The lowest BCUT2D eigenvalue weighted by atomic mass is 10.1. The molecule has 15 heavy (non-hydrogen) atoms. The molecule has 0 radical (unpaired) electrons. The molecular formula is C9H10FNO4. The molecule has 1 heterocycles. The summed E-state index contributed by atoms with van der Waals surface area (Å²) in [5.41, 5.74) is 0.231. The fourth-order valence-electron chi connectivity index (χ4n) is 1.15. The van der Waals surface area contributed by atoms with Gasteiger partial charge in [0.15, 0.2) is 6.10 Å². The predicted octanol–water partition coefficient (Wildman–Crippen LogP) is 0.00802. The molecule has 0 bridgehead atoms. The highest BCUT2D eigenvalue weighted by Gasteiger charge is 2.27. The Morgan fingerprint density at radius 2 is 2.13 bits per heavy atom. The van der Waals surface area contributed by atoms with Crippen molar-refractivity contribution in [1.82, 2.24) is 4.98 Å². The van der Waals surface area contributed by atoms with Crippen molar-refractivity contribution in [3.05, 3.63) is 29.3 Å². The van der Waals surface area contributed by atoms with Gasteiger partial charge in [0.2, 0.25) is 0 Å². The Balaban J connectivity index is 3.01. The van der Waals surface area contributed by atoms with Gasteiger partial charge in [-0.05, 0) is 18.6 Å². The van der Waals surface area contributed by atoms with Gasteiger partial charge in [0.1, 0.15) is 11.9 Å². The third kappa shape index (κ3) is 2.48. The Hall–Kier alpha value is -1.53. The maximum atomic E-state index is 12.6. The summed E-state index contributed by atoms with van der Waals surface area (Å²) in [4.78, 5) is 13.9. The summed E-state index contributed by atoms with van der Waals surface area (Å²) in [6.07, 6.45) is -2.79. The van der Waals surface area contributed by atoms with E-state index < -0.39 is 24.0 Å². The molecule has 1 aromatic heterocycles. The maximum absolute atomic E-state index is 12.6. The molecule has 2 atom stereocenters.